The minimum absolute atomic E-state index is 0.507. The SMILES string of the molecule is CCOC1CC(CC(COC)NC)C1. The molecule has 0 radical (unpaired) electrons. The van der Waals surface area contributed by atoms with Crippen LogP contribution >= 0.6 is 0 Å². The Balaban J connectivity index is 2.08. The van der Waals surface area contributed by atoms with Gasteiger partial charge in [-0.05, 0) is 39.2 Å². The molecule has 1 aliphatic carbocycles. The fraction of sp³-hybridized carbons (Fsp3) is 1.00. The summed E-state index contributed by atoms with van der Waals surface area (Å²) in [5.41, 5.74) is 0. The Morgan fingerprint density at radius 2 is 2.14 bits per heavy atom. The third-order valence-electron chi connectivity index (χ3n) is 2.99. The number of hydrogen-bond acceptors (Lipinski definition) is 3. The molecule has 1 N–H and O–H groups in total. The predicted molar refractivity (Wildman–Crippen MR) is 57.5 cm³/mol. The highest BCUT2D eigenvalue weighted by Gasteiger charge is 2.30. The van der Waals surface area contributed by atoms with Crippen molar-refractivity contribution >= 4 is 0 Å². The second-order valence-electron chi connectivity index (χ2n) is 4.09. The van der Waals surface area contributed by atoms with E-state index >= 15 is 0 Å². The van der Waals surface area contributed by atoms with Crippen molar-refractivity contribution < 1.29 is 9.47 Å². The zero-order valence-electron chi connectivity index (χ0n) is 9.58. The molecule has 0 aromatic rings. The third-order valence-corrected chi connectivity index (χ3v) is 2.99. The number of nitrogens with one attached hydrogen (secondary N) is 1. The molecule has 0 spiro atoms. The maximum atomic E-state index is 5.53. The van der Waals surface area contributed by atoms with Gasteiger partial charge in [0.2, 0.25) is 0 Å². The van der Waals surface area contributed by atoms with Crippen LogP contribution < -0.4 is 5.32 Å². The first-order valence-corrected chi connectivity index (χ1v) is 5.57. The Bertz CT molecular complexity index is 146. The van der Waals surface area contributed by atoms with Gasteiger partial charge < -0.3 is 14.8 Å². The standard InChI is InChI=1S/C11H23NO2/c1-4-14-11-6-9(7-11)5-10(12-2)8-13-3/h9-12H,4-8H2,1-3H3. The highest BCUT2D eigenvalue weighted by atomic mass is 16.5. The second kappa shape index (κ2) is 6.38. The van der Waals surface area contributed by atoms with E-state index in [4.69, 9.17) is 9.47 Å². The van der Waals surface area contributed by atoms with Crippen molar-refractivity contribution in [2.75, 3.05) is 27.4 Å². The van der Waals surface area contributed by atoms with Gasteiger partial charge in [-0.1, -0.05) is 0 Å². The molecule has 3 heteroatoms. The summed E-state index contributed by atoms with van der Waals surface area (Å²) in [6.07, 6.45) is 4.21. The van der Waals surface area contributed by atoms with E-state index in [0.29, 0.717) is 12.1 Å². The number of ether oxygens (including phenoxy) is 2. The largest absolute Gasteiger partial charge is 0.383 e. The Morgan fingerprint density at radius 3 is 2.64 bits per heavy atom. The van der Waals surface area contributed by atoms with Gasteiger partial charge in [0.05, 0.1) is 12.7 Å². The van der Waals surface area contributed by atoms with Crippen molar-refractivity contribution in [2.24, 2.45) is 5.92 Å². The van der Waals surface area contributed by atoms with Gasteiger partial charge in [-0.3, -0.25) is 0 Å². The van der Waals surface area contributed by atoms with E-state index in [9.17, 15) is 0 Å². The van der Waals surface area contributed by atoms with Crippen LogP contribution in [0.15, 0.2) is 0 Å². The molecule has 0 aliphatic heterocycles. The minimum atomic E-state index is 0.507. The smallest absolute Gasteiger partial charge is 0.0615 e. The molecular formula is C11H23NO2. The lowest BCUT2D eigenvalue weighted by Gasteiger charge is -2.36. The summed E-state index contributed by atoms with van der Waals surface area (Å²) >= 11 is 0. The van der Waals surface area contributed by atoms with Crippen molar-refractivity contribution in [2.45, 2.75) is 38.3 Å². The van der Waals surface area contributed by atoms with Gasteiger partial charge >= 0.3 is 0 Å². The van der Waals surface area contributed by atoms with E-state index in [1.165, 1.54) is 19.3 Å². The fourth-order valence-corrected chi connectivity index (χ4v) is 2.11. The van der Waals surface area contributed by atoms with Gasteiger partial charge in [0, 0.05) is 19.8 Å². The first-order valence-electron chi connectivity index (χ1n) is 5.57. The quantitative estimate of drug-likeness (QED) is 0.676. The third kappa shape index (κ3) is 3.56. The van der Waals surface area contributed by atoms with Gasteiger partial charge in [0.15, 0.2) is 0 Å². The molecule has 3 nitrogen and oxygen atoms in total. The highest BCUT2D eigenvalue weighted by molar-refractivity contribution is 4.83. The van der Waals surface area contributed by atoms with Crippen LogP contribution in [-0.4, -0.2) is 39.5 Å². The van der Waals surface area contributed by atoms with Crippen LogP contribution in [0.25, 0.3) is 0 Å². The van der Waals surface area contributed by atoms with Crippen molar-refractivity contribution in [1.82, 2.24) is 5.32 Å². The van der Waals surface area contributed by atoms with E-state index in [2.05, 4.69) is 12.2 Å². The monoisotopic (exact) mass is 201 g/mol. The second-order valence-corrected chi connectivity index (χ2v) is 4.09. The summed E-state index contributed by atoms with van der Waals surface area (Å²) in [6, 6.07) is 0.507. The molecule has 14 heavy (non-hydrogen) atoms. The Labute approximate surface area is 87.2 Å². The molecule has 0 amide bonds. The van der Waals surface area contributed by atoms with Crippen LogP contribution in [0.2, 0.25) is 0 Å². The van der Waals surface area contributed by atoms with E-state index in [-0.39, 0.29) is 0 Å². The lowest BCUT2D eigenvalue weighted by molar-refractivity contribution is -0.0309. The van der Waals surface area contributed by atoms with E-state index in [0.717, 1.165) is 19.1 Å². The first kappa shape index (κ1) is 12.0. The summed E-state index contributed by atoms with van der Waals surface area (Å²) in [4.78, 5) is 0. The summed E-state index contributed by atoms with van der Waals surface area (Å²) in [5.74, 6) is 0.833. The van der Waals surface area contributed by atoms with Crippen LogP contribution in [0.5, 0.6) is 0 Å². The van der Waals surface area contributed by atoms with E-state index in [1.807, 2.05) is 7.05 Å². The van der Waals surface area contributed by atoms with E-state index < -0.39 is 0 Å². The van der Waals surface area contributed by atoms with Crippen LogP contribution in [-0.2, 0) is 9.47 Å². The topological polar surface area (TPSA) is 30.5 Å². The molecule has 0 aromatic heterocycles. The Kier molecular flexibility index (Phi) is 5.45. The number of methoxy groups -OCH3 is 1. The van der Waals surface area contributed by atoms with Gasteiger partial charge in [-0.25, -0.2) is 0 Å². The summed E-state index contributed by atoms with van der Waals surface area (Å²) < 4.78 is 10.7. The highest BCUT2D eigenvalue weighted by Crippen LogP contribution is 2.33. The normalized spacial score (nSPS) is 28.5. The zero-order valence-corrected chi connectivity index (χ0v) is 9.58. The summed E-state index contributed by atoms with van der Waals surface area (Å²) in [6.45, 7) is 3.73. The van der Waals surface area contributed by atoms with Crippen LogP contribution in [0.1, 0.15) is 26.2 Å². The molecule has 1 atom stereocenters. The van der Waals surface area contributed by atoms with Gasteiger partial charge in [-0.2, -0.15) is 0 Å². The van der Waals surface area contributed by atoms with Gasteiger partial charge in [-0.15, -0.1) is 0 Å². The molecule has 0 bridgehead atoms. The minimum Gasteiger partial charge on any atom is -0.383 e. The Morgan fingerprint density at radius 1 is 1.43 bits per heavy atom. The van der Waals surface area contributed by atoms with Crippen molar-refractivity contribution in [3.8, 4) is 0 Å². The lowest BCUT2D eigenvalue weighted by Crippen LogP contribution is -2.38. The number of rotatable bonds is 7. The zero-order chi connectivity index (χ0) is 10.4. The predicted octanol–water partition coefficient (Wildman–Crippen LogP) is 1.43. The van der Waals surface area contributed by atoms with Crippen molar-refractivity contribution in [1.29, 1.82) is 0 Å². The molecule has 0 saturated heterocycles. The van der Waals surface area contributed by atoms with Gasteiger partial charge in [0.1, 0.15) is 0 Å². The molecule has 1 rings (SSSR count). The number of hydrogen-bond donors (Lipinski definition) is 1. The van der Waals surface area contributed by atoms with Crippen LogP contribution in [0, 0.1) is 5.92 Å². The van der Waals surface area contributed by atoms with Gasteiger partial charge in [0.25, 0.3) is 0 Å². The molecule has 0 heterocycles. The lowest BCUT2D eigenvalue weighted by atomic mass is 9.78. The summed E-state index contributed by atoms with van der Waals surface area (Å²) in [5, 5.41) is 3.28. The molecule has 1 saturated carbocycles. The maximum Gasteiger partial charge on any atom is 0.0615 e. The molecule has 1 fully saturated rings. The molecular weight excluding hydrogens is 178 g/mol. The number of likely N-dealkylation sites (N-methyl/N-ethyl adjacent to an activating group) is 1. The average molecular weight is 201 g/mol. The molecule has 0 aromatic carbocycles. The Hall–Kier alpha value is -0.120. The van der Waals surface area contributed by atoms with E-state index in [1.54, 1.807) is 7.11 Å². The maximum absolute atomic E-state index is 5.53. The molecule has 84 valence electrons. The van der Waals surface area contributed by atoms with Crippen molar-refractivity contribution in [3.05, 3.63) is 0 Å². The first-order chi connectivity index (χ1) is 6.80. The molecule has 1 aliphatic rings. The fourth-order valence-electron chi connectivity index (χ4n) is 2.11. The van der Waals surface area contributed by atoms with Crippen LogP contribution in [0.4, 0.5) is 0 Å². The summed E-state index contributed by atoms with van der Waals surface area (Å²) in [7, 11) is 3.76. The van der Waals surface area contributed by atoms with Crippen LogP contribution in [0.3, 0.4) is 0 Å². The van der Waals surface area contributed by atoms with Crippen molar-refractivity contribution in [3.63, 3.8) is 0 Å². The molecule has 1 unspecified atom stereocenters. The average Bonchev–Trinajstić information content (AvgIpc) is 2.13.